The normalized spacial score (nSPS) is 10.5. The summed E-state index contributed by atoms with van der Waals surface area (Å²) in [7, 11) is 0. The van der Waals surface area contributed by atoms with Gasteiger partial charge < -0.3 is 20.1 Å². The second-order valence-corrected chi connectivity index (χ2v) is 10.4. The van der Waals surface area contributed by atoms with Gasteiger partial charge in [-0.25, -0.2) is 0 Å². The minimum Gasteiger partial charge on any atom is -0.494 e. The molecule has 0 aliphatic heterocycles. The third-order valence-electron chi connectivity index (χ3n) is 7.04. The van der Waals surface area contributed by atoms with E-state index in [4.69, 9.17) is 9.47 Å². The van der Waals surface area contributed by atoms with Crippen molar-refractivity contribution < 1.29 is 19.1 Å². The van der Waals surface area contributed by atoms with Gasteiger partial charge in [0, 0.05) is 34.6 Å². The molecule has 0 saturated carbocycles. The molecule has 0 heterocycles. The standard InChI is InChI=1S/C38H36N2O4/c41-37(39-33-17-7-19-35(27-33)43-25-9-15-29-11-3-1-4-12-29)31-21-23-32(24-22-31)38(42)40-34-18-8-20-36(28-34)44-26-10-16-30-13-5-2-6-14-30/h1-8,11-14,17-24,27-28H,9-10,15-16,25-26H2,(H,39,41)(H,40,42). The summed E-state index contributed by atoms with van der Waals surface area (Å²) < 4.78 is 11.8. The highest BCUT2D eigenvalue weighted by atomic mass is 16.5. The first-order valence-electron chi connectivity index (χ1n) is 14.9. The Bertz CT molecular complexity index is 1510. The van der Waals surface area contributed by atoms with Crippen LogP contribution in [0.3, 0.4) is 0 Å². The van der Waals surface area contributed by atoms with Gasteiger partial charge in [0.15, 0.2) is 0 Å². The Balaban J connectivity index is 1.07. The van der Waals surface area contributed by atoms with Crippen molar-refractivity contribution in [2.45, 2.75) is 25.7 Å². The first-order chi connectivity index (χ1) is 21.6. The van der Waals surface area contributed by atoms with E-state index in [0.717, 1.165) is 25.7 Å². The molecule has 0 bridgehead atoms. The van der Waals surface area contributed by atoms with Gasteiger partial charge in [0.25, 0.3) is 11.8 Å². The van der Waals surface area contributed by atoms with Gasteiger partial charge in [-0.15, -0.1) is 0 Å². The Kier molecular flexibility index (Phi) is 10.8. The molecule has 0 aliphatic carbocycles. The largest absolute Gasteiger partial charge is 0.494 e. The molecule has 0 spiro atoms. The molecule has 0 saturated heterocycles. The fourth-order valence-corrected chi connectivity index (χ4v) is 4.73. The van der Waals surface area contributed by atoms with E-state index in [-0.39, 0.29) is 11.8 Å². The van der Waals surface area contributed by atoms with Crippen molar-refractivity contribution >= 4 is 23.2 Å². The number of carbonyl (C=O) groups excluding carboxylic acids is 2. The second-order valence-electron chi connectivity index (χ2n) is 10.4. The maximum Gasteiger partial charge on any atom is 0.255 e. The molecule has 0 unspecified atom stereocenters. The number of ether oxygens (including phenoxy) is 2. The molecule has 0 radical (unpaired) electrons. The molecular weight excluding hydrogens is 548 g/mol. The predicted molar refractivity (Wildman–Crippen MR) is 176 cm³/mol. The number of aryl methyl sites for hydroxylation is 2. The molecule has 5 aromatic carbocycles. The molecule has 0 atom stereocenters. The lowest BCUT2D eigenvalue weighted by Crippen LogP contribution is -2.14. The number of amides is 2. The third kappa shape index (κ3) is 9.33. The summed E-state index contributed by atoms with van der Waals surface area (Å²) in [5, 5.41) is 5.81. The quantitative estimate of drug-likeness (QED) is 0.129. The molecule has 0 aliphatic rings. The summed E-state index contributed by atoms with van der Waals surface area (Å²) in [4.78, 5) is 25.7. The zero-order valence-electron chi connectivity index (χ0n) is 24.6. The van der Waals surface area contributed by atoms with Crippen molar-refractivity contribution in [2.24, 2.45) is 0 Å². The van der Waals surface area contributed by atoms with E-state index in [2.05, 4.69) is 34.9 Å². The van der Waals surface area contributed by atoms with Crippen LogP contribution in [-0.4, -0.2) is 25.0 Å². The lowest BCUT2D eigenvalue weighted by molar-refractivity contribution is 0.101. The first kappa shape index (κ1) is 30.1. The van der Waals surface area contributed by atoms with Crippen molar-refractivity contribution in [3.8, 4) is 11.5 Å². The number of nitrogens with one attached hydrogen (secondary N) is 2. The van der Waals surface area contributed by atoms with Crippen molar-refractivity contribution in [3.63, 3.8) is 0 Å². The summed E-state index contributed by atoms with van der Waals surface area (Å²) in [5.41, 5.74) is 4.73. The molecular formula is C38H36N2O4. The van der Waals surface area contributed by atoms with Crippen LogP contribution in [0.25, 0.3) is 0 Å². The number of carbonyl (C=O) groups is 2. The van der Waals surface area contributed by atoms with Crippen LogP contribution in [0.1, 0.15) is 44.7 Å². The van der Waals surface area contributed by atoms with Gasteiger partial charge in [0.05, 0.1) is 13.2 Å². The minimum absolute atomic E-state index is 0.268. The van der Waals surface area contributed by atoms with E-state index >= 15 is 0 Å². The van der Waals surface area contributed by atoms with E-state index in [0.29, 0.717) is 47.2 Å². The van der Waals surface area contributed by atoms with Gasteiger partial charge >= 0.3 is 0 Å². The Morgan fingerprint density at radius 1 is 0.477 bits per heavy atom. The van der Waals surface area contributed by atoms with Crippen LogP contribution in [0.15, 0.2) is 133 Å². The van der Waals surface area contributed by atoms with Gasteiger partial charge in [0.1, 0.15) is 11.5 Å². The molecule has 44 heavy (non-hydrogen) atoms. The fraction of sp³-hybridized carbons (Fsp3) is 0.158. The second kappa shape index (κ2) is 15.8. The highest BCUT2D eigenvalue weighted by Gasteiger charge is 2.11. The monoisotopic (exact) mass is 584 g/mol. The van der Waals surface area contributed by atoms with E-state index in [1.165, 1.54) is 11.1 Å². The lowest BCUT2D eigenvalue weighted by Gasteiger charge is -2.11. The van der Waals surface area contributed by atoms with E-state index in [1.807, 2.05) is 84.9 Å². The van der Waals surface area contributed by atoms with Crippen LogP contribution in [-0.2, 0) is 12.8 Å². The SMILES string of the molecule is O=C(Nc1cccc(OCCCc2ccccc2)c1)c1ccc(C(=O)Nc2cccc(OCCCc3ccccc3)c2)cc1. The molecule has 6 nitrogen and oxygen atoms in total. The molecule has 6 heteroatoms. The molecule has 0 fully saturated rings. The minimum atomic E-state index is -0.268. The van der Waals surface area contributed by atoms with E-state index < -0.39 is 0 Å². The first-order valence-corrected chi connectivity index (χ1v) is 14.9. The van der Waals surface area contributed by atoms with Crippen molar-refractivity contribution in [1.82, 2.24) is 0 Å². The highest BCUT2D eigenvalue weighted by molar-refractivity contribution is 6.07. The van der Waals surface area contributed by atoms with E-state index in [9.17, 15) is 9.59 Å². The Morgan fingerprint density at radius 2 is 0.886 bits per heavy atom. The maximum atomic E-state index is 12.9. The van der Waals surface area contributed by atoms with E-state index in [1.54, 1.807) is 24.3 Å². The topological polar surface area (TPSA) is 76.7 Å². The van der Waals surface area contributed by atoms with Crippen molar-refractivity contribution in [2.75, 3.05) is 23.8 Å². The molecule has 222 valence electrons. The molecule has 5 rings (SSSR count). The number of benzene rings is 5. The molecule has 5 aromatic rings. The van der Waals surface area contributed by atoms with Gasteiger partial charge in [-0.1, -0.05) is 72.8 Å². The van der Waals surface area contributed by atoms with Crippen LogP contribution < -0.4 is 20.1 Å². The Morgan fingerprint density at radius 3 is 1.30 bits per heavy atom. The third-order valence-corrected chi connectivity index (χ3v) is 7.04. The number of rotatable bonds is 14. The van der Waals surface area contributed by atoms with Gasteiger partial charge in [-0.3, -0.25) is 9.59 Å². The molecule has 2 amide bonds. The average Bonchev–Trinajstić information content (AvgIpc) is 3.06. The predicted octanol–water partition coefficient (Wildman–Crippen LogP) is 8.21. The Hall–Kier alpha value is -5.36. The highest BCUT2D eigenvalue weighted by Crippen LogP contribution is 2.21. The summed E-state index contributed by atoms with van der Waals surface area (Å²) in [6.45, 7) is 1.17. The van der Waals surface area contributed by atoms with Gasteiger partial charge in [0.2, 0.25) is 0 Å². The van der Waals surface area contributed by atoms with Crippen LogP contribution in [0.4, 0.5) is 11.4 Å². The smallest absolute Gasteiger partial charge is 0.255 e. The van der Waals surface area contributed by atoms with Crippen LogP contribution >= 0.6 is 0 Å². The summed E-state index contributed by atoms with van der Waals surface area (Å²) in [6, 6.07) is 41.9. The number of hydrogen-bond donors (Lipinski definition) is 2. The zero-order chi connectivity index (χ0) is 30.4. The summed E-state index contributed by atoms with van der Waals surface area (Å²) >= 11 is 0. The van der Waals surface area contributed by atoms with Gasteiger partial charge in [-0.05, 0) is 85.3 Å². The van der Waals surface area contributed by atoms with Crippen LogP contribution in [0.2, 0.25) is 0 Å². The van der Waals surface area contributed by atoms with Crippen LogP contribution in [0, 0.1) is 0 Å². The summed E-state index contributed by atoms with van der Waals surface area (Å²) in [5.74, 6) is 0.861. The Labute approximate surface area is 258 Å². The number of anilines is 2. The molecule has 0 aromatic heterocycles. The van der Waals surface area contributed by atoms with Gasteiger partial charge in [-0.2, -0.15) is 0 Å². The van der Waals surface area contributed by atoms with Crippen LogP contribution in [0.5, 0.6) is 11.5 Å². The summed E-state index contributed by atoms with van der Waals surface area (Å²) in [6.07, 6.45) is 3.69. The van der Waals surface area contributed by atoms with Crippen molar-refractivity contribution in [3.05, 3.63) is 156 Å². The van der Waals surface area contributed by atoms with Crippen molar-refractivity contribution in [1.29, 1.82) is 0 Å². The molecule has 2 N–H and O–H groups in total. The maximum absolute atomic E-state index is 12.9. The zero-order valence-corrected chi connectivity index (χ0v) is 24.6. The fourth-order valence-electron chi connectivity index (χ4n) is 4.73. The lowest BCUT2D eigenvalue weighted by atomic mass is 10.1. The average molecular weight is 585 g/mol. The number of hydrogen-bond acceptors (Lipinski definition) is 4.